The lowest BCUT2D eigenvalue weighted by Crippen LogP contribution is -2.34. The molecule has 0 aromatic heterocycles. The predicted octanol–water partition coefficient (Wildman–Crippen LogP) is 0.283. The second-order valence-electron chi connectivity index (χ2n) is 3.20. The Morgan fingerprint density at radius 3 is 2.82 bits per heavy atom. The summed E-state index contributed by atoms with van der Waals surface area (Å²) in [6.45, 7) is 2.06. The standard InChI is InChI=1S/C8H15NO2/c1-6(4-5-10)9-8(11)7-2-3-7/h6-7,10H,2-5H2,1H3,(H,9,11). The van der Waals surface area contributed by atoms with Crippen molar-refractivity contribution >= 4 is 5.91 Å². The fourth-order valence-electron chi connectivity index (χ4n) is 0.972. The summed E-state index contributed by atoms with van der Waals surface area (Å²) in [5.74, 6) is 0.432. The van der Waals surface area contributed by atoms with Gasteiger partial charge in [0, 0.05) is 18.6 Å². The number of amides is 1. The zero-order valence-electron chi connectivity index (χ0n) is 6.84. The molecule has 0 radical (unpaired) electrons. The number of hydrogen-bond acceptors (Lipinski definition) is 2. The van der Waals surface area contributed by atoms with Crippen LogP contribution in [0.5, 0.6) is 0 Å². The minimum atomic E-state index is 0.119. The first-order valence-corrected chi connectivity index (χ1v) is 4.15. The molecular weight excluding hydrogens is 142 g/mol. The smallest absolute Gasteiger partial charge is 0.223 e. The van der Waals surface area contributed by atoms with Gasteiger partial charge < -0.3 is 10.4 Å². The highest BCUT2D eigenvalue weighted by Gasteiger charge is 2.29. The van der Waals surface area contributed by atoms with Gasteiger partial charge in [-0.3, -0.25) is 4.79 Å². The van der Waals surface area contributed by atoms with Crippen LogP contribution in [0.1, 0.15) is 26.2 Å². The first-order valence-electron chi connectivity index (χ1n) is 4.15. The maximum atomic E-state index is 11.1. The molecule has 1 atom stereocenters. The number of nitrogens with one attached hydrogen (secondary N) is 1. The van der Waals surface area contributed by atoms with Crippen LogP contribution in [0.3, 0.4) is 0 Å². The van der Waals surface area contributed by atoms with Crippen molar-refractivity contribution < 1.29 is 9.90 Å². The first kappa shape index (κ1) is 8.53. The second kappa shape index (κ2) is 3.72. The molecule has 1 aliphatic rings. The molecule has 1 unspecified atom stereocenters. The number of aliphatic hydroxyl groups excluding tert-OH is 1. The van der Waals surface area contributed by atoms with Crippen LogP contribution in [0.4, 0.5) is 0 Å². The fraction of sp³-hybridized carbons (Fsp3) is 0.875. The maximum absolute atomic E-state index is 11.1. The van der Waals surface area contributed by atoms with Crippen LogP contribution < -0.4 is 5.32 Å². The van der Waals surface area contributed by atoms with E-state index in [1.807, 2.05) is 6.92 Å². The van der Waals surface area contributed by atoms with E-state index < -0.39 is 0 Å². The number of carbonyl (C=O) groups excluding carboxylic acids is 1. The monoisotopic (exact) mass is 157 g/mol. The molecule has 64 valence electrons. The Labute approximate surface area is 66.8 Å². The summed E-state index contributed by atoms with van der Waals surface area (Å²) in [6.07, 6.45) is 2.73. The topological polar surface area (TPSA) is 49.3 Å². The Morgan fingerprint density at radius 1 is 1.73 bits per heavy atom. The van der Waals surface area contributed by atoms with Gasteiger partial charge in [-0.15, -0.1) is 0 Å². The van der Waals surface area contributed by atoms with Crippen LogP contribution in [-0.4, -0.2) is 23.7 Å². The van der Waals surface area contributed by atoms with Gasteiger partial charge >= 0.3 is 0 Å². The van der Waals surface area contributed by atoms with E-state index in [1.54, 1.807) is 0 Å². The quantitative estimate of drug-likeness (QED) is 0.616. The fourth-order valence-corrected chi connectivity index (χ4v) is 0.972. The molecular formula is C8H15NO2. The molecule has 0 heterocycles. The van der Waals surface area contributed by atoms with Crippen LogP contribution in [0, 0.1) is 5.92 Å². The predicted molar refractivity (Wildman–Crippen MR) is 42.0 cm³/mol. The maximum Gasteiger partial charge on any atom is 0.223 e. The first-order chi connectivity index (χ1) is 5.24. The molecule has 0 saturated heterocycles. The Bertz CT molecular complexity index is 143. The minimum Gasteiger partial charge on any atom is -0.396 e. The minimum absolute atomic E-state index is 0.119. The second-order valence-corrected chi connectivity index (χ2v) is 3.20. The Hall–Kier alpha value is -0.570. The third-order valence-electron chi connectivity index (χ3n) is 1.90. The molecule has 1 fully saturated rings. The van der Waals surface area contributed by atoms with E-state index in [2.05, 4.69) is 5.32 Å². The van der Waals surface area contributed by atoms with Gasteiger partial charge in [-0.25, -0.2) is 0 Å². The summed E-state index contributed by atoms with van der Waals surface area (Å²) >= 11 is 0. The Balaban J connectivity index is 2.12. The van der Waals surface area contributed by atoms with Crippen LogP contribution in [-0.2, 0) is 4.79 Å². The Kier molecular flexibility index (Phi) is 2.88. The molecule has 11 heavy (non-hydrogen) atoms. The normalized spacial score (nSPS) is 19.5. The van der Waals surface area contributed by atoms with E-state index in [9.17, 15) is 4.79 Å². The summed E-state index contributed by atoms with van der Waals surface area (Å²) in [7, 11) is 0. The van der Waals surface area contributed by atoms with Crippen LogP contribution in [0.2, 0.25) is 0 Å². The molecule has 0 aromatic carbocycles. The van der Waals surface area contributed by atoms with Crippen molar-refractivity contribution in [3.63, 3.8) is 0 Å². The van der Waals surface area contributed by atoms with Gasteiger partial charge in [0.25, 0.3) is 0 Å². The van der Waals surface area contributed by atoms with Crippen LogP contribution in [0.15, 0.2) is 0 Å². The van der Waals surface area contributed by atoms with Crippen molar-refractivity contribution in [2.45, 2.75) is 32.2 Å². The molecule has 3 nitrogen and oxygen atoms in total. The van der Waals surface area contributed by atoms with E-state index in [1.165, 1.54) is 0 Å². The lowest BCUT2D eigenvalue weighted by atomic mass is 10.2. The van der Waals surface area contributed by atoms with Crippen molar-refractivity contribution in [2.75, 3.05) is 6.61 Å². The average molecular weight is 157 g/mol. The zero-order chi connectivity index (χ0) is 8.27. The van der Waals surface area contributed by atoms with Crippen molar-refractivity contribution in [2.24, 2.45) is 5.92 Å². The van der Waals surface area contributed by atoms with Crippen LogP contribution in [0.25, 0.3) is 0 Å². The van der Waals surface area contributed by atoms with Crippen molar-refractivity contribution in [3.05, 3.63) is 0 Å². The lowest BCUT2D eigenvalue weighted by molar-refractivity contribution is -0.122. The molecule has 3 heteroatoms. The summed E-state index contributed by atoms with van der Waals surface area (Å²) in [5.41, 5.74) is 0. The molecule has 0 bridgehead atoms. The third-order valence-corrected chi connectivity index (χ3v) is 1.90. The SMILES string of the molecule is CC(CCO)NC(=O)C1CC1. The van der Waals surface area contributed by atoms with E-state index in [4.69, 9.17) is 5.11 Å². The molecule has 1 rings (SSSR count). The summed E-state index contributed by atoms with van der Waals surface area (Å²) in [6, 6.07) is 0.119. The van der Waals surface area contributed by atoms with Gasteiger partial charge in [-0.1, -0.05) is 0 Å². The molecule has 0 aliphatic heterocycles. The summed E-state index contributed by atoms with van der Waals surface area (Å²) in [4.78, 5) is 11.1. The Morgan fingerprint density at radius 2 is 2.36 bits per heavy atom. The van der Waals surface area contributed by atoms with E-state index in [0.29, 0.717) is 6.42 Å². The zero-order valence-corrected chi connectivity index (χ0v) is 6.84. The van der Waals surface area contributed by atoms with Gasteiger partial charge in [0.1, 0.15) is 0 Å². The van der Waals surface area contributed by atoms with Crippen LogP contribution >= 0.6 is 0 Å². The molecule has 0 spiro atoms. The molecule has 1 amide bonds. The van der Waals surface area contributed by atoms with Gasteiger partial charge in [0.2, 0.25) is 5.91 Å². The van der Waals surface area contributed by atoms with E-state index in [0.717, 1.165) is 12.8 Å². The third kappa shape index (κ3) is 2.89. The van der Waals surface area contributed by atoms with E-state index >= 15 is 0 Å². The van der Waals surface area contributed by atoms with Crippen molar-refractivity contribution in [3.8, 4) is 0 Å². The largest absolute Gasteiger partial charge is 0.396 e. The van der Waals surface area contributed by atoms with Gasteiger partial charge in [0.05, 0.1) is 0 Å². The van der Waals surface area contributed by atoms with E-state index in [-0.39, 0.29) is 24.5 Å². The number of hydrogen-bond donors (Lipinski definition) is 2. The summed E-state index contributed by atoms with van der Waals surface area (Å²) in [5, 5.41) is 11.4. The number of carbonyl (C=O) groups is 1. The highest BCUT2D eigenvalue weighted by Crippen LogP contribution is 2.28. The highest BCUT2D eigenvalue weighted by atomic mass is 16.3. The average Bonchev–Trinajstić information content (AvgIpc) is 2.67. The van der Waals surface area contributed by atoms with Gasteiger partial charge in [-0.2, -0.15) is 0 Å². The summed E-state index contributed by atoms with van der Waals surface area (Å²) < 4.78 is 0. The molecule has 2 N–H and O–H groups in total. The number of rotatable bonds is 4. The van der Waals surface area contributed by atoms with Gasteiger partial charge in [0.15, 0.2) is 0 Å². The lowest BCUT2D eigenvalue weighted by Gasteiger charge is -2.11. The molecule has 1 aliphatic carbocycles. The van der Waals surface area contributed by atoms with Gasteiger partial charge in [-0.05, 0) is 26.2 Å². The highest BCUT2D eigenvalue weighted by molar-refractivity contribution is 5.81. The molecule has 0 aromatic rings. The van der Waals surface area contributed by atoms with Crippen molar-refractivity contribution in [1.29, 1.82) is 0 Å². The molecule has 1 saturated carbocycles. The van der Waals surface area contributed by atoms with Crippen molar-refractivity contribution in [1.82, 2.24) is 5.32 Å². The number of aliphatic hydroxyl groups is 1.